The van der Waals surface area contributed by atoms with Gasteiger partial charge >= 0.3 is 0 Å². The largest absolute Gasteiger partial charge is 0.489 e. The van der Waals surface area contributed by atoms with E-state index in [4.69, 9.17) is 10.00 Å². The molecule has 101 valence electrons. The Morgan fingerprint density at radius 2 is 1.53 bits per heavy atom. The van der Waals surface area contributed by atoms with Gasteiger partial charge in [0.25, 0.3) is 0 Å². The van der Waals surface area contributed by atoms with Gasteiger partial charge in [-0.05, 0) is 43.5 Å². The van der Waals surface area contributed by atoms with Gasteiger partial charge in [-0.25, -0.2) is 0 Å². The maximum atomic E-state index is 9.10. The van der Waals surface area contributed by atoms with Gasteiger partial charge in [0.2, 0.25) is 0 Å². The highest BCUT2D eigenvalue weighted by molar-refractivity contribution is 5.48. The van der Waals surface area contributed by atoms with Crippen LogP contribution < -0.4 is 4.74 Å². The van der Waals surface area contributed by atoms with Gasteiger partial charge in [-0.15, -0.1) is 0 Å². The van der Waals surface area contributed by atoms with Gasteiger partial charge in [0.05, 0.1) is 11.6 Å². The van der Waals surface area contributed by atoms with Gasteiger partial charge in [0, 0.05) is 10.8 Å². The molecule has 1 aliphatic carbocycles. The van der Waals surface area contributed by atoms with Crippen LogP contribution in [0, 0.1) is 42.4 Å². The molecular formula is C17H22NO. The van der Waals surface area contributed by atoms with Crippen molar-refractivity contribution in [3.05, 3.63) is 35.2 Å². The minimum atomic E-state index is 0.0964. The zero-order valence-electron chi connectivity index (χ0n) is 12.7. The zero-order chi connectivity index (χ0) is 14.4. The lowest BCUT2D eigenvalue weighted by molar-refractivity contribution is -0.0722. The number of hydrogen-bond donors (Lipinski definition) is 0. The summed E-state index contributed by atoms with van der Waals surface area (Å²) in [7, 11) is 0. The molecule has 1 fully saturated rings. The molecule has 0 aromatic heterocycles. The van der Waals surface area contributed by atoms with Gasteiger partial charge in [-0.1, -0.05) is 27.7 Å². The summed E-state index contributed by atoms with van der Waals surface area (Å²) in [6.45, 7) is 12.7. The maximum absolute atomic E-state index is 9.10. The number of nitriles is 1. The van der Waals surface area contributed by atoms with E-state index in [1.807, 2.05) is 26.0 Å². The second-order valence-electron chi connectivity index (χ2n) is 6.83. The summed E-state index contributed by atoms with van der Waals surface area (Å²) < 4.78 is 6.20. The molecule has 2 nitrogen and oxygen atoms in total. The van der Waals surface area contributed by atoms with Crippen molar-refractivity contribution in [2.45, 2.75) is 47.6 Å². The number of benzene rings is 1. The highest BCUT2D eigenvalue weighted by atomic mass is 16.5. The fourth-order valence-electron chi connectivity index (χ4n) is 3.58. The predicted molar refractivity (Wildman–Crippen MR) is 76.9 cm³/mol. The first-order valence-corrected chi connectivity index (χ1v) is 6.72. The molecule has 0 amide bonds. The van der Waals surface area contributed by atoms with Gasteiger partial charge in [-0.3, -0.25) is 0 Å². The normalized spacial score (nSPS) is 20.5. The minimum absolute atomic E-state index is 0.0964. The Labute approximate surface area is 116 Å². The second-order valence-corrected chi connectivity index (χ2v) is 6.83. The number of aryl methyl sites for hydroxylation is 2. The molecule has 1 aliphatic rings. The quantitative estimate of drug-likeness (QED) is 0.794. The van der Waals surface area contributed by atoms with E-state index in [9.17, 15) is 0 Å². The van der Waals surface area contributed by atoms with E-state index in [1.165, 1.54) is 0 Å². The summed E-state index contributed by atoms with van der Waals surface area (Å²) in [6.07, 6.45) is 2.51. The van der Waals surface area contributed by atoms with E-state index in [2.05, 4.69) is 40.2 Å². The van der Waals surface area contributed by atoms with E-state index in [-0.39, 0.29) is 16.9 Å². The molecule has 1 saturated carbocycles. The van der Waals surface area contributed by atoms with E-state index in [0.717, 1.165) is 22.4 Å². The van der Waals surface area contributed by atoms with Crippen LogP contribution in [0.4, 0.5) is 0 Å². The molecular weight excluding hydrogens is 234 g/mol. The zero-order valence-corrected chi connectivity index (χ0v) is 12.7. The maximum Gasteiger partial charge on any atom is 0.120 e. The Kier molecular flexibility index (Phi) is 3.13. The summed E-state index contributed by atoms with van der Waals surface area (Å²) in [5.74, 6) is 0.869. The van der Waals surface area contributed by atoms with Crippen LogP contribution in [0.5, 0.6) is 5.75 Å². The van der Waals surface area contributed by atoms with Crippen LogP contribution in [0.25, 0.3) is 0 Å². The number of nitrogens with zero attached hydrogens (tertiary/aromatic N) is 1. The molecule has 0 bridgehead atoms. The van der Waals surface area contributed by atoms with Crippen molar-refractivity contribution >= 4 is 0 Å². The molecule has 1 radical (unpaired) electrons. The first kappa shape index (κ1) is 13.9. The lowest BCUT2D eigenvalue weighted by Crippen LogP contribution is -2.58. The summed E-state index contributed by atoms with van der Waals surface area (Å²) in [4.78, 5) is 0. The standard InChI is InChI=1S/C17H22NO/c1-11-7-13(8-12(2)14(11)9-18)19-15-16(3,4)10-17(15,5)6/h7-8,10,15H,1-6H3. The topological polar surface area (TPSA) is 33.0 Å². The first-order chi connectivity index (χ1) is 8.67. The van der Waals surface area contributed by atoms with Crippen molar-refractivity contribution in [3.63, 3.8) is 0 Å². The Balaban J connectivity index is 2.28. The van der Waals surface area contributed by atoms with Crippen molar-refractivity contribution in [1.82, 2.24) is 0 Å². The highest BCUT2D eigenvalue weighted by Gasteiger charge is 2.55. The summed E-state index contributed by atoms with van der Waals surface area (Å²) >= 11 is 0. The Hall–Kier alpha value is -1.49. The molecule has 0 atom stereocenters. The number of rotatable bonds is 2. The van der Waals surface area contributed by atoms with Crippen LogP contribution in [0.2, 0.25) is 0 Å². The van der Waals surface area contributed by atoms with Crippen LogP contribution in [0.3, 0.4) is 0 Å². The summed E-state index contributed by atoms with van der Waals surface area (Å²) in [6, 6.07) is 6.18. The average molecular weight is 256 g/mol. The smallest absolute Gasteiger partial charge is 0.120 e. The molecule has 0 N–H and O–H groups in total. The lowest BCUT2D eigenvalue weighted by Gasteiger charge is -2.56. The van der Waals surface area contributed by atoms with Crippen LogP contribution >= 0.6 is 0 Å². The molecule has 0 aliphatic heterocycles. The fourth-order valence-corrected chi connectivity index (χ4v) is 3.58. The molecule has 1 aromatic carbocycles. The molecule has 0 saturated heterocycles. The minimum Gasteiger partial charge on any atom is -0.489 e. The molecule has 1 aromatic rings. The van der Waals surface area contributed by atoms with Crippen LogP contribution in [-0.4, -0.2) is 6.10 Å². The van der Waals surface area contributed by atoms with Gasteiger partial charge < -0.3 is 4.74 Å². The van der Waals surface area contributed by atoms with E-state index >= 15 is 0 Å². The van der Waals surface area contributed by atoms with Crippen molar-refractivity contribution in [1.29, 1.82) is 5.26 Å². The van der Waals surface area contributed by atoms with Crippen LogP contribution in [0.15, 0.2) is 12.1 Å². The van der Waals surface area contributed by atoms with E-state index in [0.29, 0.717) is 0 Å². The fraction of sp³-hybridized carbons (Fsp3) is 0.529. The molecule has 2 rings (SSSR count). The second kappa shape index (κ2) is 4.27. The summed E-state index contributed by atoms with van der Waals surface area (Å²) in [5.41, 5.74) is 2.91. The van der Waals surface area contributed by atoms with Gasteiger partial charge in [0.15, 0.2) is 0 Å². The third-order valence-electron chi connectivity index (χ3n) is 3.97. The molecule has 19 heavy (non-hydrogen) atoms. The number of hydrogen-bond acceptors (Lipinski definition) is 2. The van der Waals surface area contributed by atoms with Gasteiger partial charge in [-0.2, -0.15) is 5.26 Å². The molecule has 0 heterocycles. The first-order valence-electron chi connectivity index (χ1n) is 6.72. The van der Waals surface area contributed by atoms with E-state index in [1.54, 1.807) is 0 Å². The molecule has 0 unspecified atom stereocenters. The average Bonchev–Trinajstić information content (AvgIpc) is 2.24. The van der Waals surface area contributed by atoms with Crippen molar-refractivity contribution in [3.8, 4) is 11.8 Å². The van der Waals surface area contributed by atoms with Crippen molar-refractivity contribution < 1.29 is 4.74 Å². The summed E-state index contributed by atoms with van der Waals surface area (Å²) in [5, 5.41) is 9.10. The van der Waals surface area contributed by atoms with Gasteiger partial charge in [0.1, 0.15) is 11.9 Å². The molecule has 0 spiro atoms. The van der Waals surface area contributed by atoms with Crippen LogP contribution in [-0.2, 0) is 0 Å². The Morgan fingerprint density at radius 1 is 1.05 bits per heavy atom. The van der Waals surface area contributed by atoms with E-state index < -0.39 is 0 Å². The monoisotopic (exact) mass is 256 g/mol. The molecule has 2 heteroatoms. The van der Waals surface area contributed by atoms with Crippen molar-refractivity contribution in [2.24, 2.45) is 10.8 Å². The number of ether oxygens (including phenoxy) is 1. The third-order valence-corrected chi connectivity index (χ3v) is 3.97. The Bertz CT molecular complexity index is 512. The van der Waals surface area contributed by atoms with Crippen molar-refractivity contribution in [2.75, 3.05) is 0 Å². The Morgan fingerprint density at radius 3 is 1.89 bits per heavy atom. The SMILES string of the molecule is Cc1cc(OC2C(C)(C)[CH]C2(C)C)cc(C)c1C#N. The lowest BCUT2D eigenvalue weighted by atomic mass is 9.53. The predicted octanol–water partition coefficient (Wildman–Crippen LogP) is 4.19. The third kappa shape index (κ3) is 2.34. The highest BCUT2D eigenvalue weighted by Crippen LogP contribution is 2.54. The van der Waals surface area contributed by atoms with Crippen LogP contribution in [0.1, 0.15) is 44.4 Å².